The molecule has 0 aromatic heterocycles. The number of rotatable bonds is 3. The highest BCUT2D eigenvalue weighted by Gasteiger charge is 2.14. The molecule has 0 amide bonds. The number of anilines is 1. The largest absolute Gasteiger partial charge is 0.384 e. The Morgan fingerprint density at radius 1 is 1.21 bits per heavy atom. The molecule has 14 heavy (non-hydrogen) atoms. The van der Waals surface area contributed by atoms with Crippen molar-refractivity contribution in [1.82, 2.24) is 0 Å². The molecule has 0 aliphatic heterocycles. The zero-order valence-electron chi connectivity index (χ0n) is 8.30. The minimum Gasteiger partial charge on any atom is -0.384 e. The summed E-state index contributed by atoms with van der Waals surface area (Å²) in [5.74, 6) is 0.853. The SMILES string of the molecule is Clc1ccccc1NCC1CCCC1. The van der Waals surface area contributed by atoms with Crippen molar-refractivity contribution < 1.29 is 0 Å². The lowest BCUT2D eigenvalue weighted by Gasteiger charge is -2.12. The molecule has 1 aromatic carbocycles. The van der Waals surface area contributed by atoms with Crippen LogP contribution in [-0.4, -0.2) is 6.54 Å². The van der Waals surface area contributed by atoms with Gasteiger partial charge in [-0.3, -0.25) is 0 Å². The van der Waals surface area contributed by atoms with Gasteiger partial charge in [0.2, 0.25) is 0 Å². The van der Waals surface area contributed by atoms with Crippen molar-refractivity contribution in [1.29, 1.82) is 0 Å². The monoisotopic (exact) mass is 209 g/mol. The lowest BCUT2D eigenvalue weighted by molar-refractivity contribution is 0.580. The summed E-state index contributed by atoms with van der Waals surface area (Å²) in [4.78, 5) is 0. The molecular formula is C12H16ClN. The van der Waals surface area contributed by atoms with Crippen molar-refractivity contribution in [3.63, 3.8) is 0 Å². The molecule has 1 fully saturated rings. The third kappa shape index (κ3) is 2.42. The van der Waals surface area contributed by atoms with Gasteiger partial charge in [-0.05, 0) is 30.9 Å². The maximum atomic E-state index is 6.05. The molecule has 1 aromatic rings. The smallest absolute Gasteiger partial charge is 0.0637 e. The highest BCUT2D eigenvalue weighted by molar-refractivity contribution is 6.33. The van der Waals surface area contributed by atoms with Gasteiger partial charge in [-0.2, -0.15) is 0 Å². The quantitative estimate of drug-likeness (QED) is 0.795. The van der Waals surface area contributed by atoms with Gasteiger partial charge in [0.25, 0.3) is 0 Å². The van der Waals surface area contributed by atoms with Crippen LogP contribution in [0.1, 0.15) is 25.7 Å². The van der Waals surface area contributed by atoms with E-state index in [1.54, 1.807) is 0 Å². The lowest BCUT2D eigenvalue weighted by atomic mass is 10.1. The van der Waals surface area contributed by atoms with E-state index in [4.69, 9.17) is 11.6 Å². The van der Waals surface area contributed by atoms with Crippen LogP contribution in [0.25, 0.3) is 0 Å². The van der Waals surface area contributed by atoms with Crippen molar-refractivity contribution in [2.75, 3.05) is 11.9 Å². The fraction of sp³-hybridized carbons (Fsp3) is 0.500. The van der Waals surface area contributed by atoms with Crippen LogP contribution >= 0.6 is 11.6 Å². The number of para-hydroxylation sites is 1. The number of nitrogens with one attached hydrogen (secondary N) is 1. The molecule has 0 atom stereocenters. The first-order valence-electron chi connectivity index (χ1n) is 5.34. The van der Waals surface area contributed by atoms with E-state index >= 15 is 0 Å². The molecule has 0 radical (unpaired) electrons. The van der Waals surface area contributed by atoms with Crippen molar-refractivity contribution in [2.45, 2.75) is 25.7 Å². The second kappa shape index (κ2) is 4.70. The molecule has 1 nitrogen and oxygen atoms in total. The van der Waals surface area contributed by atoms with E-state index in [-0.39, 0.29) is 0 Å². The molecule has 0 spiro atoms. The third-order valence-corrected chi connectivity index (χ3v) is 3.26. The average Bonchev–Trinajstić information content (AvgIpc) is 2.69. The van der Waals surface area contributed by atoms with Crippen LogP contribution < -0.4 is 5.32 Å². The Labute approximate surface area is 90.5 Å². The van der Waals surface area contributed by atoms with Crippen LogP contribution in [0, 0.1) is 5.92 Å². The molecule has 2 rings (SSSR count). The summed E-state index contributed by atoms with van der Waals surface area (Å²) in [6.45, 7) is 1.07. The summed E-state index contributed by atoms with van der Waals surface area (Å²) in [7, 11) is 0. The summed E-state index contributed by atoms with van der Waals surface area (Å²) in [6, 6.07) is 7.95. The van der Waals surface area contributed by atoms with Gasteiger partial charge in [0.05, 0.1) is 10.7 Å². The summed E-state index contributed by atoms with van der Waals surface area (Å²) in [5.41, 5.74) is 1.07. The van der Waals surface area contributed by atoms with Crippen LogP contribution in [0.5, 0.6) is 0 Å². The molecule has 0 bridgehead atoms. The second-order valence-corrected chi connectivity index (χ2v) is 4.42. The fourth-order valence-electron chi connectivity index (χ4n) is 2.07. The van der Waals surface area contributed by atoms with Gasteiger partial charge in [-0.15, -0.1) is 0 Å². The average molecular weight is 210 g/mol. The van der Waals surface area contributed by atoms with E-state index in [1.165, 1.54) is 25.7 Å². The molecule has 1 aliphatic rings. The van der Waals surface area contributed by atoms with E-state index in [2.05, 4.69) is 5.32 Å². The second-order valence-electron chi connectivity index (χ2n) is 4.01. The maximum Gasteiger partial charge on any atom is 0.0637 e. The summed E-state index contributed by atoms with van der Waals surface area (Å²) >= 11 is 6.05. The van der Waals surface area contributed by atoms with Crippen molar-refractivity contribution in [3.8, 4) is 0 Å². The van der Waals surface area contributed by atoms with E-state index in [0.717, 1.165) is 23.2 Å². The third-order valence-electron chi connectivity index (χ3n) is 2.93. The van der Waals surface area contributed by atoms with Crippen molar-refractivity contribution in [3.05, 3.63) is 29.3 Å². The van der Waals surface area contributed by atoms with E-state index in [0.29, 0.717) is 0 Å². The Morgan fingerprint density at radius 2 is 1.93 bits per heavy atom. The van der Waals surface area contributed by atoms with E-state index < -0.39 is 0 Å². The fourth-order valence-corrected chi connectivity index (χ4v) is 2.28. The first-order chi connectivity index (χ1) is 6.86. The first kappa shape index (κ1) is 9.85. The van der Waals surface area contributed by atoms with Crippen LogP contribution in [0.15, 0.2) is 24.3 Å². The van der Waals surface area contributed by atoms with Gasteiger partial charge < -0.3 is 5.32 Å². The zero-order chi connectivity index (χ0) is 9.80. The van der Waals surface area contributed by atoms with Gasteiger partial charge in [0.1, 0.15) is 0 Å². The highest BCUT2D eigenvalue weighted by atomic mass is 35.5. The van der Waals surface area contributed by atoms with Crippen molar-refractivity contribution >= 4 is 17.3 Å². The van der Waals surface area contributed by atoms with Crippen molar-refractivity contribution in [2.24, 2.45) is 5.92 Å². The molecular weight excluding hydrogens is 194 g/mol. The summed E-state index contributed by atoms with van der Waals surface area (Å²) in [6.07, 6.45) is 5.54. The van der Waals surface area contributed by atoms with E-state index in [9.17, 15) is 0 Å². The summed E-state index contributed by atoms with van der Waals surface area (Å²) < 4.78 is 0. The van der Waals surface area contributed by atoms with Gasteiger partial charge in [0, 0.05) is 6.54 Å². The minimum absolute atomic E-state index is 0.825. The predicted molar refractivity (Wildman–Crippen MR) is 61.9 cm³/mol. The molecule has 1 aliphatic carbocycles. The van der Waals surface area contributed by atoms with Gasteiger partial charge in [-0.25, -0.2) is 0 Å². The van der Waals surface area contributed by atoms with Gasteiger partial charge >= 0.3 is 0 Å². The Hall–Kier alpha value is -0.690. The topological polar surface area (TPSA) is 12.0 Å². The molecule has 0 saturated heterocycles. The maximum absolute atomic E-state index is 6.05. The Kier molecular flexibility index (Phi) is 3.30. The standard InChI is InChI=1S/C12H16ClN/c13-11-7-3-4-8-12(11)14-9-10-5-1-2-6-10/h3-4,7-8,10,14H,1-2,5-6,9H2. The molecule has 1 saturated carbocycles. The van der Waals surface area contributed by atoms with Crippen LogP contribution in [0.4, 0.5) is 5.69 Å². The zero-order valence-corrected chi connectivity index (χ0v) is 9.06. The molecule has 1 N–H and O–H groups in total. The predicted octanol–water partition coefficient (Wildman–Crippen LogP) is 3.94. The normalized spacial score (nSPS) is 17.2. The van der Waals surface area contributed by atoms with Gasteiger partial charge in [0.15, 0.2) is 0 Å². The Morgan fingerprint density at radius 3 is 2.64 bits per heavy atom. The van der Waals surface area contributed by atoms with Crippen LogP contribution in [-0.2, 0) is 0 Å². The number of hydrogen-bond donors (Lipinski definition) is 1. The number of hydrogen-bond acceptors (Lipinski definition) is 1. The molecule has 2 heteroatoms. The minimum atomic E-state index is 0.825. The Balaban J connectivity index is 1.88. The Bertz CT molecular complexity index is 292. The molecule has 0 heterocycles. The number of halogens is 1. The van der Waals surface area contributed by atoms with E-state index in [1.807, 2.05) is 24.3 Å². The summed E-state index contributed by atoms with van der Waals surface area (Å²) in [5, 5.41) is 4.25. The van der Waals surface area contributed by atoms with Crippen LogP contribution in [0.2, 0.25) is 5.02 Å². The molecule has 76 valence electrons. The number of benzene rings is 1. The van der Waals surface area contributed by atoms with Crippen LogP contribution in [0.3, 0.4) is 0 Å². The highest BCUT2D eigenvalue weighted by Crippen LogP contribution is 2.26. The molecule has 0 unspecified atom stereocenters. The van der Waals surface area contributed by atoms with Gasteiger partial charge in [-0.1, -0.05) is 36.6 Å². The lowest BCUT2D eigenvalue weighted by Crippen LogP contribution is -2.10. The first-order valence-corrected chi connectivity index (χ1v) is 5.72.